The molecular weight excluding hydrogens is 292 g/mol. The molecule has 23 heavy (non-hydrogen) atoms. The average molecular weight is 318 g/mol. The number of hydrogen-bond acceptors (Lipinski definition) is 4. The zero-order valence-corrected chi connectivity index (χ0v) is 13.9. The summed E-state index contributed by atoms with van der Waals surface area (Å²) in [5.41, 5.74) is 6.29. The summed E-state index contributed by atoms with van der Waals surface area (Å²) in [6.45, 7) is 3.86. The molecule has 2 N–H and O–H groups in total. The van der Waals surface area contributed by atoms with Crippen LogP contribution in [0.1, 0.15) is 37.8 Å². The molecule has 1 fully saturated rings. The van der Waals surface area contributed by atoms with Crippen molar-refractivity contribution in [2.75, 3.05) is 26.7 Å². The number of nitrogens with two attached hydrogens (primary N) is 1. The van der Waals surface area contributed by atoms with Gasteiger partial charge in [-0.15, -0.1) is 0 Å². The molecule has 0 aliphatic carbocycles. The monoisotopic (exact) mass is 318 g/mol. The molecule has 0 spiro atoms. The van der Waals surface area contributed by atoms with E-state index in [-0.39, 0.29) is 30.3 Å². The Bertz CT molecular complexity index is 527. The lowest BCUT2D eigenvalue weighted by Gasteiger charge is -2.35. The normalized spacial score (nSPS) is 17.7. The fourth-order valence-corrected chi connectivity index (χ4v) is 3.31. The van der Waals surface area contributed by atoms with Crippen molar-refractivity contribution in [3.8, 4) is 0 Å². The van der Waals surface area contributed by atoms with Crippen LogP contribution in [-0.2, 0) is 9.59 Å². The topological polar surface area (TPSA) is 79.5 Å². The Hall–Kier alpha value is -1.95. The Labute approximate surface area is 137 Å². The van der Waals surface area contributed by atoms with E-state index in [1.165, 1.54) is 0 Å². The Morgan fingerprint density at radius 1 is 1.43 bits per heavy atom. The fraction of sp³-hybridized carbons (Fsp3) is 0.588. The molecule has 1 aliphatic heterocycles. The molecule has 0 unspecified atom stereocenters. The Morgan fingerprint density at radius 3 is 2.65 bits per heavy atom. The minimum Gasteiger partial charge on any atom is -0.369 e. The maximum Gasteiger partial charge on any atom is 0.231 e. The first-order valence-corrected chi connectivity index (χ1v) is 8.20. The molecule has 1 atom stereocenters. The van der Waals surface area contributed by atoms with Crippen LogP contribution >= 0.6 is 0 Å². The fourth-order valence-electron chi connectivity index (χ4n) is 3.31. The standard InChI is InChI=1S/C17H26N4O2/c1-3-15(14-5-4-8-19-11-14)20(2)17(23)13-6-9-21(10-7-13)12-16(18)22/h4-5,8,11,13,15H,3,6-7,9-10,12H2,1-2H3,(H2,18,22)/t15-/m1/s1. The molecule has 6 nitrogen and oxygen atoms in total. The van der Waals surface area contributed by atoms with Crippen LogP contribution < -0.4 is 5.73 Å². The van der Waals surface area contributed by atoms with Crippen molar-refractivity contribution in [1.29, 1.82) is 0 Å². The maximum absolute atomic E-state index is 12.8. The predicted octanol–water partition coefficient (Wildman–Crippen LogP) is 1.19. The number of piperidine rings is 1. The second kappa shape index (κ2) is 8.06. The molecule has 0 radical (unpaired) electrons. The van der Waals surface area contributed by atoms with Crippen molar-refractivity contribution in [3.63, 3.8) is 0 Å². The quantitative estimate of drug-likeness (QED) is 0.854. The van der Waals surface area contributed by atoms with E-state index in [2.05, 4.69) is 11.9 Å². The number of carbonyl (C=O) groups excluding carboxylic acids is 2. The third kappa shape index (κ3) is 4.51. The maximum atomic E-state index is 12.8. The summed E-state index contributed by atoms with van der Waals surface area (Å²) in [5, 5.41) is 0. The second-order valence-electron chi connectivity index (χ2n) is 6.18. The summed E-state index contributed by atoms with van der Waals surface area (Å²) in [4.78, 5) is 31.8. The first-order chi connectivity index (χ1) is 11.0. The van der Waals surface area contributed by atoms with Crippen LogP contribution in [0.5, 0.6) is 0 Å². The zero-order valence-electron chi connectivity index (χ0n) is 13.9. The van der Waals surface area contributed by atoms with Gasteiger partial charge >= 0.3 is 0 Å². The van der Waals surface area contributed by atoms with Crippen LogP contribution in [0.15, 0.2) is 24.5 Å². The molecule has 126 valence electrons. The molecule has 1 aromatic rings. The van der Waals surface area contributed by atoms with Crippen LogP contribution in [0.4, 0.5) is 0 Å². The molecular formula is C17H26N4O2. The number of primary amides is 1. The van der Waals surface area contributed by atoms with Gasteiger partial charge in [-0.3, -0.25) is 19.5 Å². The minimum absolute atomic E-state index is 0.0230. The van der Waals surface area contributed by atoms with Gasteiger partial charge in [0.25, 0.3) is 0 Å². The molecule has 1 aliphatic rings. The lowest BCUT2D eigenvalue weighted by Crippen LogP contribution is -2.44. The summed E-state index contributed by atoms with van der Waals surface area (Å²) in [6.07, 6.45) is 5.98. The third-order valence-corrected chi connectivity index (χ3v) is 4.59. The largest absolute Gasteiger partial charge is 0.369 e. The van der Waals surface area contributed by atoms with Crippen molar-refractivity contribution in [2.24, 2.45) is 11.7 Å². The van der Waals surface area contributed by atoms with Crippen molar-refractivity contribution in [2.45, 2.75) is 32.2 Å². The number of amides is 2. The van der Waals surface area contributed by atoms with E-state index in [1.807, 2.05) is 35.2 Å². The Morgan fingerprint density at radius 2 is 2.13 bits per heavy atom. The summed E-state index contributed by atoms with van der Waals surface area (Å²) in [7, 11) is 1.87. The van der Waals surface area contributed by atoms with E-state index < -0.39 is 0 Å². The van der Waals surface area contributed by atoms with E-state index in [0.29, 0.717) is 0 Å². The number of hydrogen-bond donors (Lipinski definition) is 1. The third-order valence-electron chi connectivity index (χ3n) is 4.59. The molecule has 6 heteroatoms. The van der Waals surface area contributed by atoms with Crippen molar-refractivity contribution >= 4 is 11.8 Å². The van der Waals surface area contributed by atoms with Crippen LogP contribution in [0, 0.1) is 5.92 Å². The van der Waals surface area contributed by atoms with Gasteiger partial charge in [-0.05, 0) is 44.0 Å². The van der Waals surface area contributed by atoms with Gasteiger partial charge in [0.2, 0.25) is 11.8 Å². The molecule has 2 rings (SSSR count). The number of carbonyl (C=O) groups is 2. The summed E-state index contributed by atoms with van der Waals surface area (Å²) in [5.74, 6) is -0.108. The Balaban J connectivity index is 1.96. The highest BCUT2D eigenvalue weighted by molar-refractivity contribution is 5.79. The van der Waals surface area contributed by atoms with Crippen LogP contribution in [0.3, 0.4) is 0 Å². The molecule has 0 bridgehead atoms. The zero-order chi connectivity index (χ0) is 16.8. The predicted molar refractivity (Wildman–Crippen MR) is 88.4 cm³/mol. The van der Waals surface area contributed by atoms with Crippen LogP contribution in [0.2, 0.25) is 0 Å². The van der Waals surface area contributed by atoms with Gasteiger partial charge in [0.15, 0.2) is 0 Å². The highest BCUT2D eigenvalue weighted by atomic mass is 16.2. The molecule has 1 saturated heterocycles. The van der Waals surface area contributed by atoms with Gasteiger partial charge in [0.1, 0.15) is 0 Å². The summed E-state index contributed by atoms with van der Waals surface area (Å²) in [6, 6.07) is 3.97. The SMILES string of the molecule is CC[C@H](c1cccnc1)N(C)C(=O)C1CCN(CC(N)=O)CC1. The van der Waals surface area contributed by atoms with Crippen molar-refractivity contribution < 1.29 is 9.59 Å². The van der Waals surface area contributed by atoms with E-state index in [0.717, 1.165) is 37.9 Å². The van der Waals surface area contributed by atoms with Gasteiger partial charge in [-0.25, -0.2) is 0 Å². The van der Waals surface area contributed by atoms with Crippen molar-refractivity contribution in [3.05, 3.63) is 30.1 Å². The first kappa shape index (κ1) is 17.4. The molecule has 2 amide bonds. The number of nitrogens with zero attached hydrogens (tertiary/aromatic N) is 3. The first-order valence-electron chi connectivity index (χ1n) is 8.20. The van der Waals surface area contributed by atoms with Gasteiger partial charge < -0.3 is 10.6 Å². The van der Waals surface area contributed by atoms with E-state index >= 15 is 0 Å². The summed E-state index contributed by atoms with van der Waals surface area (Å²) >= 11 is 0. The van der Waals surface area contributed by atoms with E-state index in [1.54, 1.807) is 6.20 Å². The van der Waals surface area contributed by atoms with Crippen molar-refractivity contribution in [1.82, 2.24) is 14.8 Å². The molecule has 0 aromatic carbocycles. The Kier molecular flexibility index (Phi) is 6.10. The minimum atomic E-state index is -0.311. The summed E-state index contributed by atoms with van der Waals surface area (Å²) < 4.78 is 0. The average Bonchev–Trinajstić information content (AvgIpc) is 2.56. The lowest BCUT2D eigenvalue weighted by atomic mass is 9.94. The van der Waals surface area contributed by atoms with Crippen LogP contribution in [0.25, 0.3) is 0 Å². The van der Waals surface area contributed by atoms with E-state index in [4.69, 9.17) is 5.73 Å². The molecule has 2 heterocycles. The van der Waals surface area contributed by atoms with Gasteiger partial charge in [0, 0.05) is 25.4 Å². The highest BCUT2D eigenvalue weighted by Gasteiger charge is 2.30. The van der Waals surface area contributed by atoms with Gasteiger partial charge in [-0.1, -0.05) is 13.0 Å². The molecule has 1 aromatic heterocycles. The number of pyridine rings is 1. The highest BCUT2D eigenvalue weighted by Crippen LogP contribution is 2.27. The van der Waals surface area contributed by atoms with Gasteiger partial charge in [0.05, 0.1) is 12.6 Å². The van der Waals surface area contributed by atoms with E-state index in [9.17, 15) is 9.59 Å². The molecule has 0 saturated carbocycles. The smallest absolute Gasteiger partial charge is 0.231 e. The van der Waals surface area contributed by atoms with Gasteiger partial charge in [-0.2, -0.15) is 0 Å². The second-order valence-corrected chi connectivity index (χ2v) is 6.18. The number of rotatable bonds is 6. The number of aromatic nitrogens is 1. The lowest BCUT2D eigenvalue weighted by molar-refractivity contribution is -0.138. The van der Waals surface area contributed by atoms with Crippen LogP contribution in [-0.4, -0.2) is 53.3 Å². The number of likely N-dealkylation sites (tertiary alicyclic amines) is 1.